The van der Waals surface area contributed by atoms with Crippen LogP contribution in [0.15, 0.2) is 23.1 Å². The summed E-state index contributed by atoms with van der Waals surface area (Å²) < 4.78 is 50.0. The summed E-state index contributed by atoms with van der Waals surface area (Å²) in [6.45, 7) is 0.158. The van der Waals surface area contributed by atoms with Crippen molar-refractivity contribution in [3.63, 3.8) is 0 Å². The number of nitrogen functional groups attached to an aromatic ring is 1. The van der Waals surface area contributed by atoms with Crippen molar-refractivity contribution in [2.24, 2.45) is 0 Å². The Bertz CT molecular complexity index is 670. The Balaban J connectivity index is 2.80. The first-order chi connectivity index (χ1) is 9.22. The summed E-state index contributed by atoms with van der Waals surface area (Å²) in [5.41, 5.74) is 6.44. The molecule has 0 aliphatic heterocycles. The number of sulfonamides is 2. The standard InChI is InChI=1S/C10H18N4O4S2/c1-12-19(15,16)6-5-14-10-4-3-8(7-9(10)11)20(17,18)13-2/h3-4,7,12-14H,5-6,11H2,1-2H3. The fourth-order valence-electron chi connectivity index (χ4n) is 1.41. The molecule has 0 aliphatic rings. The van der Waals surface area contributed by atoms with E-state index in [1.54, 1.807) is 0 Å². The molecule has 0 spiro atoms. The summed E-state index contributed by atoms with van der Waals surface area (Å²) in [6, 6.07) is 4.18. The maximum atomic E-state index is 11.6. The van der Waals surface area contributed by atoms with Gasteiger partial charge >= 0.3 is 0 Å². The molecule has 0 aliphatic carbocycles. The van der Waals surface area contributed by atoms with Gasteiger partial charge in [0.15, 0.2) is 0 Å². The Morgan fingerprint density at radius 1 is 1.10 bits per heavy atom. The first kappa shape index (κ1) is 16.7. The van der Waals surface area contributed by atoms with E-state index in [0.717, 1.165) is 0 Å². The zero-order valence-electron chi connectivity index (χ0n) is 11.2. The van der Waals surface area contributed by atoms with Crippen molar-refractivity contribution in [1.82, 2.24) is 9.44 Å². The van der Waals surface area contributed by atoms with Crippen LogP contribution in [0.2, 0.25) is 0 Å². The first-order valence-electron chi connectivity index (χ1n) is 5.70. The number of hydrogen-bond donors (Lipinski definition) is 4. The summed E-state index contributed by atoms with van der Waals surface area (Å²) in [6.07, 6.45) is 0. The van der Waals surface area contributed by atoms with Crippen molar-refractivity contribution in [1.29, 1.82) is 0 Å². The third-order valence-electron chi connectivity index (χ3n) is 2.60. The molecule has 0 aromatic heterocycles. The summed E-state index contributed by atoms with van der Waals surface area (Å²) in [5, 5.41) is 2.84. The summed E-state index contributed by atoms with van der Waals surface area (Å²) >= 11 is 0. The molecule has 1 aromatic rings. The Kier molecular flexibility index (Phi) is 5.34. The van der Waals surface area contributed by atoms with Crippen LogP contribution in [0.4, 0.5) is 11.4 Å². The number of anilines is 2. The van der Waals surface area contributed by atoms with Crippen LogP contribution in [0.5, 0.6) is 0 Å². The Labute approximate surface area is 118 Å². The molecule has 0 atom stereocenters. The van der Waals surface area contributed by atoms with Gasteiger partial charge in [0.2, 0.25) is 20.0 Å². The van der Waals surface area contributed by atoms with Crippen LogP contribution in [0.3, 0.4) is 0 Å². The smallest absolute Gasteiger partial charge is 0.240 e. The Morgan fingerprint density at radius 2 is 1.75 bits per heavy atom. The highest BCUT2D eigenvalue weighted by molar-refractivity contribution is 7.89. The van der Waals surface area contributed by atoms with E-state index in [0.29, 0.717) is 5.69 Å². The lowest BCUT2D eigenvalue weighted by Gasteiger charge is -2.11. The third kappa shape index (κ3) is 4.34. The van der Waals surface area contributed by atoms with Crippen molar-refractivity contribution in [3.05, 3.63) is 18.2 Å². The molecule has 10 heteroatoms. The maximum absolute atomic E-state index is 11.6. The molecule has 1 aromatic carbocycles. The van der Waals surface area contributed by atoms with E-state index in [2.05, 4.69) is 14.8 Å². The van der Waals surface area contributed by atoms with Gasteiger partial charge in [0.05, 0.1) is 22.0 Å². The zero-order chi connectivity index (χ0) is 15.4. The van der Waals surface area contributed by atoms with Gasteiger partial charge in [-0.25, -0.2) is 26.3 Å². The van der Waals surface area contributed by atoms with Crippen molar-refractivity contribution in [2.45, 2.75) is 4.90 Å². The molecular formula is C10H18N4O4S2. The monoisotopic (exact) mass is 322 g/mol. The minimum Gasteiger partial charge on any atom is -0.397 e. The van der Waals surface area contributed by atoms with E-state index in [-0.39, 0.29) is 22.9 Å². The summed E-state index contributed by atoms with van der Waals surface area (Å²) in [4.78, 5) is 0.0471. The van der Waals surface area contributed by atoms with Gasteiger partial charge in [0, 0.05) is 6.54 Å². The Hall–Kier alpha value is -1.36. The highest BCUT2D eigenvalue weighted by atomic mass is 32.2. The second kappa shape index (κ2) is 6.39. The molecule has 5 N–H and O–H groups in total. The van der Waals surface area contributed by atoms with E-state index in [4.69, 9.17) is 5.73 Å². The van der Waals surface area contributed by atoms with Crippen LogP contribution in [0, 0.1) is 0 Å². The maximum Gasteiger partial charge on any atom is 0.240 e. The van der Waals surface area contributed by atoms with Crippen molar-refractivity contribution >= 4 is 31.4 Å². The third-order valence-corrected chi connectivity index (χ3v) is 5.37. The van der Waals surface area contributed by atoms with Crippen LogP contribution in [-0.2, 0) is 20.0 Å². The van der Waals surface area contributed by atoms with E-state index in [1.165, 1.54) is 32.3 Å². The highest BCUT2D eigenvalue weighted by Crippen LogP contribution is 2.22. The van der Waals surface area contributed by atoms with Crippen molar-refractivity contribution in [2.75, 3.05) is 37.4 Å². The van der Waals surface area contributed by atoms with Gasteiger partial charge < -0.3 is 11.1 Å². The number of hydrogen-bond acceptors (Lipinski definition) is 6. The van der Waals surface area contributed by atoms with Gasteiger partial charge in [-0.1, -0.05) is 0 Å². The normalized spacial score (nSPS) is 12.3. The average molecular weight is 322 g/mol. The number of rotatable bonds is 7. The molecule has 114 valence electrons. The molecule has 0 fully saturated rings. The van der Waals surface area contributed by atoms with Crippen LogP contribution in [0.1, 0.15) is 0 Å². The van der Waals surface area contributed by atoms with Crippen LogP contribution in [-0.4, -0.2) is 43.2 Å². The van der Waals surface area contributed by atoms with E-state index >= 15 is 0 Å². The molecule has 0 bridgehead atoms. The number of benzene rings is 1. The molecule has 0 radical (unpaired) electrons. The van der Waals surface area contributed by atoms with Gasteiger partial charge in [-0.15, -0.1) is 0 Å². The minimum atomic E-state index is -3.55. The summed E-state index contributed by atoms with van der Waals surface area (Å²) in [5.74, 6) is -0.112. The van der Waals surface area contributed by atoms with E-state index in [9.17, 15) is 16.8 Å². The van der Waals surface area contributed by atoms with Crippen LogP contribution < -0.4 is 20.5 Å². The van der Waals surface area contributed by atoms with Gasteiger partial charge in [0.25, 0.3) is 0 Å². The first-order valence-corrected chi connectivity index (χ1v) is 8.83. The molecule has 1 rings (SSSR count). The van der Waals surface area contributed by atoms with Gasteiger partial charge in [-0.05, 0) is 32.3 Å². The van der Waals surface area contributed by atoms with Crippen LogP contribution >= 0.6 is 0 Å². The molecule has 0 heterocycles. The molecule has 20 heavy (non-hydrogen) atoms. The number of nitrogens with two attached hydrogens (primary N) is 1. The molecule has 0 unspecified atom stereocenters. The van der Waals surface area contributed by atoms with Gasteiger partial charge in [0.1, 0.15) is 0 Å². The largest absolute Gasteiger partial charge is 0.397 e. The Morgan fingerprint density at radius 3 is 2.25 bits per heavy atom. The second-order valence-electron chi connectivity index (χ2n) is 3.91. The quantitative estimate of drug-likeness (QED) is 0.483. The fourth-order valence-corrected chi connectivity index (χ4v) is 2.75. The predicted octanol–water partition coefficient (Wildman–Crippen LogP) is -0.862. The van der Waals surface area contributed by atoms with E-state index in [1.807, 2.05) is 0 Å². The SMILES string of the molecule is CNS(=O)(=O)CCNc1ccc(S(=O)(=O)NC)cc1N. The molecule has 0 amide bonds. The lowest BCUT2D eigenvalue weighted by molar-refractivity contribution is 0.587. The lowest BCUT2D eigenvalue weighted by Crippen LogP contribution is -2.26. The fraction of sp³-hybridized carbons (Fsp3) is 0.400. The van der Waals surface area contributed by atoms with Crippen molar-refractivity contribution in [3.8, 4) is 0 Å². The van der Waals surface area contributed by atoms with Gasteiger partial charge in [-0.2, -0.15) is 0 Å². The minimum absolute atomic E-state index is 0.0471. The van der Waals surface area contributed by atoms with Crippen LogP contribution in [0.25, 0.3) is 0 Å². The highest BCUT2D eigenvalue weighted by Gasteiger charge is 2.13. The topological polar surface area (TPSA) is 130 Å². The molecule has 0 saturated carbocycles. The summed E-state index contributed by atoms with van der Waals surface area (Å²) in [7, 11) is -4.21. The molecule has 0 saturated heterocycles. The molecule has 8 nitrogen and oxygen atoms in total. The average Bonchev–Trinajstić information content (AvgIpc) is 2.40. The number of nitrogens with one attached hydrogen (secondary N) is 3. The molecular weight excluding hydrogens is 304 g/mol. The predicted molar refractivity (Wildman–Crippen MR) is 78.4 cm³/mol. The zero-order valence-corrected chi connectivity index (χ0v) is 12.8. The second-order valence-corrected chi connectivity index (χ2v) is 7.84. The lowest BCUT2D eigenvalue weighted by atomic mass is 10.2. The van der Waals surface area contributed by atoms with Crippen molar-refractivity contribution < 1.29 is 16.8 Å². The van der Waals surface area contributed by atoms with Gasteiger partial charge in [-0.3, -0.25) is 0 Å². The van der Waals surface area contributed by atoms with E-state index < -0.39 is 20.0 Å².